The molecule has 3 nitrogen and oxygen atoms in total. The lowest BCUT2D eigenvalue weighted by Crippen LogP contribution is -2.18. The summed E-state index contributed by atoms with van der Waals surface area (Å²) in [7, 11) is 1.59. The summed E-state index contributed by atoms with van der Waals surface area (Å²) in [5.74, 6) is 0.909. The normalized spacial score (nSPS) is 19.8. The van der Waals surface area contributed by atoms with Crippen molar-refractivity contribution in [2.45, 2.75) is 6.42 Å². The Morgan fingerprint density at radius 1 is 1.56 bits per heavy atom. The van der Waals surface area contributed by atoms with Crippen LogP contribution in [0.4, 0.5) is 0 Å². The van der Waals surface area contributed by atoms with Crippen LogP contribution in [0.2, 0.25) is 0 Å². The van der Waals surface area contributed by atoms with Gasteiger partial charge in [-0.15, -0.1) is 0 Å². The molecule has 1 N–H and O–H groups in total. The molecule has 1 aromatic carbocycles. The molecule has 0 saturated carbocycles. The molecule has 0 radical (unpaired) electrons. The van der Waals surface area contributed by atoms with Crippen LogP contribution in [-0.2, 0) is 0 Å². The second kappa shape index (κ2) is 4.97. The van der Waals surface area contributed by atoms with Gasteiger partial charge in [-0.25, -0.2) is 0 Å². The topological polar surface area (TPSA) is 38.3 Å². The molecule has 1 unspecified atom stereocenters. The van der Waals surface area contributed by atoms with Gasteiger partial charge < -0.3 is 10.1 Å². The highest BCUT2D eigenvalue weighted by atomic mass is 79.9. The van der Waals surface area contributed by atoms with E-state index >= 15 is 0 Å². The van der Waals surface area contributed by atoms with Crippen molar-refractivity contribution in [2.75, 3.05) is 20.2 Å². The fourth-order valence-electron chi connectivity index (χ4n) is 1.97. The van der Waals surface area contributed by atoms with Crippen molar-refractivity contribution in [2.24, 2.45) is 5.92 Å². The third kappa shape index (κ3) is 2.28. The van der Waals surface area contributed by atoms with Gasteiger partial charge in [-0.3, -0.25) is 4.79 Å². The fraction of sp³-hybridized carbons (Fsp3) is 0.417. The number of hydrogen-bond donors (Lipinski definition) is 1. The first kappa shape index (κ1) is 11.6. The zero-order chi connectivity index (χ0) is 11.5. The number of benzene rings is 1. The Morgan fingerprint density at radius 2 is 2.38 bits per heavy atom. The minimum absolute atomic E-state index is 0.0863. The van der Waals surface area contributed by atoms with Gasteiger partial charge >= 0.3 is 0 Å². The van der Waals surface area contributed by atoms with Gasteiger partial charge in [0, 0.05) is 16.9 Å². The maximum absolute atomic E-state index is 12.2. The van der Waals surface area contributed by atoms with Crippen molar-refractivity contribution < 1.29 is 9.53 Å². The van der Waals surface area contributed by atoms with Crippen molar-refractivity contribution in [3.8, 4) is 5.75 Å². The summed E-state index contributed by atoms with van der Waals surface area (Å²) in [6.45, 7) is 1.70. The van der Waals surface area contributed by atoms with E-state index < -0.39 is 0 Å². The Labute approximate surface area is 103 Å². The monoisotopic (exact) mass is 283 g/mol. The average molecular weight is 284 g/mol. The maximum atomic E-state index is 12.2. The molecule has 1 saturated heterocycles. The quantitative estimate of drug-likeness (QED) is 0.865. The second-order valence-corrected chi connectivity index (χ2v) is 4.81. The predicted octanol–water partition coefficient (Wildman–Crippen LogP) is 2.25. The maximum Gasteiger partial charge on any atom is 0.171 e. The number of ether oxygens (including phenoxy) is 1. The van der Waals surface area contributed by atoms with E-state index in [2.05, 4.69) is 21.2 Å². The van der Waals surface area contributed by atoms with E-state index in [1.807, 2.05) is 18.2 Å². The first-order valence-electron chi connectivity index (χ1n) is 5.31. The molecule has 86 valence electrons. The van der Waals surface area contributed by atoms with Crippen LogP contribution >= 0.6 is 15.9 Å². The largest absolute Gasteiger partial charge is 0.496 e. The van der Waals surface area contributed by atoms with Gasteiger partial charge in [0.25, 0.3) is 0 Å². The Morgan fingerprint density at radius 3 is 3.00 bits per heavy atom. The van der Waals surface area contributed by atoms with E-state index in [1.54, 1.807) is 7.11 Å². The van der Waals surface area contributed by atoms with Crippen LogP contribution in [0.3, 0.4) is 0 Å². The zero-order valence-electron chi connectivity index (χ0n) is 9.13. The molecule has 0 spiro atoms. The minimum atomic E-state index is 0.0863. The van der Waals surface area contributed by atoms with Crippen molar-refractivity contribution in [1.29, 1.82) is 0 Å². The molecule has 2 rings (SSSR count). The smallest absolute Gasteiger partial charge is 0.171 e. The average Bonchev–Trinajstić information content (AvgIpc) is 2.81. The zero-order valence-corrected chi connectivity index (χ0v) is 10.7. The molecule has 16 heavy (non-hydrogen) atoms. The SMILES string of the molecule is COc1ccc(Br)cc1C(=O)C1CCNC1. The number of hydrogen-bond acceptors (Lipinski definition) is 3. The number of nitrogens with one attached hydrogen (secondary N) is 1. The van der Waals surface area contributed by atoms with Crippen LogP contribution in [0, 0.1) is 5.92 Å². The Balaban J connectivity index is 2.30. The summed E-state index contributed by atoms with van der Waals surface area (Å²) in [4.78, 5) is 12.2. The first-order chi connectivity index (χ1) is 7.72. The highest BCUT2D eigenvalue weighted by Crippen LogP contribution is 2.27. The van der Waals surface area contributed by atoms with Gasteiger partial charge in [0.15, 0.2) is 5.78 Å². The summed E-state index contributed by atoms with van der Waals surface area (Å²) in [5.41, 5.74) is 0.672. The van der Waals surface area contributed by atoms with Gasteiger partial charge in [0.05, 0.1) is 12.7 Å². The van der Waals surface area contributed by atoms with Crippen molar-refractivity contribution in [1.82, 2.24) is 5.32 Å². The summed E-state index contributed by atoms with van der Waals surface area (Å²) in [6, 6.07) is 5.53. The molecule has 1 aromatic rings. The van der Waals surface area contributed by atoms with E-state index in [1.165, 1.54) is 0 Å². The predicted molar refractivity (Wildman–Crippen MR) is 66.0 cm³/mol. The molecule has 4 heteroatoms. The fourth-order valence-corrected chi connectivity index (χ4v) is 2.33. The number of Topliss-reactive ketones (excluding diaryl/α,β-unsaturated/α-hetero) is 1. The first-order valence-corrected chi connectivity index (χ1v) is 6.10. The van der Waals surface area contributed by atoms with Gasteiger partial charge in [-0.05, 0) is 31.2 Å². The second-order valence-electron chi connectivity index (χ2n) is 3.90. The number of carbonyl (C=O) groups excluding carboxylic acids is 1. The van der Waals surface area contributed by atoms with Crippen molar-refractivity contribution in [3.63, 3.8) is 0 Å². The lowest BCUT2D eigenvalue weighted by Gasteiger charge is -2.11. The minimum Gasteiger partial charge on any atom is -0.496 e. The van der Waals surface area contributed by atoms with Crippen LogP contribution in [0.1, 0.15) is 16.8 Å². The third-order valence-corrected chi connectivity index (χ3v) is 3.35. The van der Waals surface area contributed by atoms with Crippen LogP contribution in [-0.4, -0.2) is 26.0 Å². The number of rotatable bonds is 3. The molecule has 1 atom stereocenters. The van der Waals surface area contributed by atoms with E-state index in [9.17, 15) is 4.79 Å². The Bertz CT molecular complexity index is 400. The van der Waals surface area contributed by atoms with Crippen molar-refractivity contribution >= 4 is 21.7 Å². The summed E-state index contributed by atoms with van der Waals surface area (Å²) < 4.78 is 6.12. The molecule has 0 aromatic heterocycles. The van der Waals surface area contributed by atoms with Gasteiger partial charge in [0.1, 0.15) is 5.75 Å². The van der Waals surface area contributed by atoms with E-state index in [-0.39, 0.29) is 11.7 Å². The van der Waals surface area contributed by atoms with Gasteiger partial charge in [-0.2, -0.15) is 0 Å². The summed E-state index contributed by atoms with van der Waals surface area (Å²) in [5, 5.41) is 3.20. The van der Waals surface area contributed by atoms with Crippen molar-refractivity contribution in [3.05, 3.63) is 28.2 Å². The molecule has 0 amide bonds. The van der Waals surface area contributed by atoms with E-state index in [4.69, 9.17) is 4.74 Å². The Hall–Kier alpha value is -0.870. The standard InChI is InChI=1S/C12H14BrNO2/c1-16-11-3-2-9(13)6-10(11)12(15)8-4-5-14-7-8/h2-3,6,8,14H,4-5,7H2,1H3. The Kier molecular flexibility index (Phi) is 3.61. The molecule has 1 aliphatic heterocycles. The van der Waals surface area contributed by atoms with Crippen LogP contribution in [0.5, 0.6) is 5.75 Å². The lowest BCUT2D eigenvalue weighted by molar-refractivity contribution is 0.0927. The van der Waals surface area contributed by atoms with Crippen LogP contribution < -0.4 is 10.1 Å². The molecule has 1 aliphatic rings. The molecule has 0 bridgehead atoms. The highest BCUT2D eigenvalue weighted by molar-refractivity contribution is 9.10. The summed E-state index contributed by atoms with van der Waals surface area (Å²) in [6.07, 6.45) is 0.911. The number of methoxy groups -OCH3 is 1. The van der Waals surface area contributed by atoms with Crippen LogP contribution in [0.25, 0.3) is 0 Å². The van der Waals surface area contributed by atoms with Gasteiger partial charge in [-0.1, -0.05) is 15.9 Å². The number of carbonyl (C=O) groups is 1. The number of halogens is 1. The van der Waals surface area contributed by atoms with E-state index in [0.29, 0.717) is 11.3 Å². The lowest BCUT2D eigenvalue weighted by atomic mass is 9.96. The molecular formula is C12H14BrNO2. The molecule has 0 aliphatic carbocycles. The van der Waals surface area contributed by atoms with E-state index in [0.717, 1.165) is 24.0 Å². The third-order valence-electron chi connectivity index (χ3n) is 2.86. The molecule has 1 heterocycles. The molecular weight excluding hydrogens is 270 g/mol. The van der Waals surface area contributed by atoms with Crippen LogP contribution in [0.15, 0.2) is 22.7 Å². The van der Waals surface area contributed by atoms with Gasteiger partial charge in [0.2, 0.25) is 0 Å². The molecule has 1 fully saturated rings. The number of ketones is 1. The summed E-state index contributed by atoms with van der Waals surface area (Å²) >= 11 is 3.38. The highest BCUT2D eigenvalue weighted by Gasteiger charge is 2.25.